The van der Waals surface area contributed by atoms with Gasteiger partial charge in [0, 0.05) is 45.0 Å². The van der Waals surface area contributed by atoms with Crippen LogP contribution in [-0.2, 0) is 4.79 Å². The number of hydrogen-bond donors (Lipinski definition) is 0. The Balaban J connectivity index is 1.55. The molecule has 0 aliphatic carbocycles. The summed E-state index contributed by atoms with van der Waals surface area (Å²) in [7, 11) is 0. The van der Waals surface area contributed by atoms with Gasteiger partial charge in [-0.2, -0.15) is 0 Å². The van der Waals surface area contributed by atoms with Gasteiger partial charge in [0.25, 0.3) is 0 Å². The van der Waals surface area contributed by atoms with Crippen molar-refractivity contribution in [1.29, 1.82) is 0 Å². The predicted molar refractivity (Wildman–Crippen MR) is 127 cm³/mol. The highest BCUT2D eigenvalue weighted by atomic mass is 16.2. The van der Waals surface area contributed by atoms with E-state index in [1.165, 1.54) is 27.7 Å². The van der Waals surface area contributed by atoms with Crippen LogP contribution in [0.3, 0.4) is 0 Å². The van der Waals surface area contributed by atoms with Gasteiger partial charge in [-0.25, -0.2) is 0 Å². The van der Waals surface area contributed by atoms with Crippen LogP contribution in [0.2, 0.25) is 0 Å². The van der Waals surface area contributed by atoms with Gasteiger partial charge in [0.05, 0.1) is 11.6 Å². The number of nitrogens with zero attached hydrogens (tertiary/aromatic N) is 3. The molecule has 1 fully saturated rings. The fourth-order valence-electron chi connectivity index (χ4n) is 4.62. The SMILES string of the molecule is CC(=O)N1CCN(c2ccc3ccn(C(c4ccccc4)c4ccccc4)c3c2)CC1. The van der Waals surface area contributed by atoms with Gasteiger partial charge in [-0.3, -0.25) is 4.79 Å². The van der Waals surface area contributed by atoms with Crippen LogP contribution in [0.15, 0.2) is 91.1 Å². The Morgan fingerprint density at radius 3 is 1.97 bits per heavy atom. The maximum Gasteiger partial charge on any atom is 0.219 e. The first-order valence-electron chi connectivity index (χ1n) is 10.9. The molecule has 156 valence electrons. The number of aromatic nitrogens is 1. The van der Waals surface area contributed by atoms with Gasteiger partial charge in [0.2, 0.25) is 5.91 Å². The van der Waals surface area contributed by atoms with Crippen LogP contribution in [0, 0.1) is 0 Å². The summed E-state index contributed by atoms with van der Waals surface area (Å²) in [5.74, 6) is 0.164. The normalized spacial score (nSPS) is 14.4. The number of amides is 1. The molecule has 1 aliphatic rings. The van der Waals surface area contributed by atoms with Gasteiger partial charge in [-0.15, -0.1) is 0 Å². The molecule has 31 heavy (non-hydrogen) atoms. The summed E-state index contributed by atoms with van der Waals surface area (Å²) in [5, 5.41) is 1.24. The van der Waals surface area contributed by atoms with Crippen LogP contribution in [0.1, 0.15) is 24.1 Å². The average Bonchev–Trinajstić information content (AvgIpc) is 3.24. The van der Waals surface area contributed by atoms with E-state index in [4.69, 9.17) is 0 Å². The minimum absolute atomic E-state index is 0.115. The van der Waals surface area contributed by atoms with Crippen molar-refractivity contribution in [1.82, 2.24) is 9.47 Å². The van der Waals surface area contributed by atoms with E-state index in [0.717, 1.165) is 26.2 Å². The Morgan fingerprint density at radius 1 is 0.774 bits per heavy atom. The molecule has 1 aliphatic heterocycles. The molecule has 4 aromatic rings. The molecule has 0 N–H and O–H groups in total. The van der Waals surface area contributed by atoms with Crippen LogP contribution in [-0.4, -0.2) is 41.6 Å². The third-order valence-electron chi connectivity index (χ3n) is 6.31. The quantitative estimate of drug-likeness (QED) is 0.477. The highest BCUT2D eigenvalue weighted by Crippen LogP contribution is 2.32. The first kappa shape index (κ1) is 19.4. The highest BCUT2D eigenvalue weighted by molar-refractivity contribution is 5.84. The van der Waals surface area contributed by atoms with E-state index in [9.17, 15) is 4.79 Å². The first-order valence-corrected chi connectivity index (χ1v) is 10.9. The smallest absolute Gasteiger partial charge is 0.219 e. The van der Waals surface area contributed by atoms with Crippen LogP contribution in [0.5, 0.6) is 0 Å². The summed E-state index contributed by atoms with van der Waals surface area (Å²) in [6, 6.07) is 30.4. The summed E-state index contributed by atoms with van der Waals surface area (Å²) in [6.07, 6.45) is 2.20. The fourth-order valence-corrected chi connectivity index (χ4v) is 4.62. The molecule has 2 heterocycles. The van der Waals surface area contributed by atoms with E-state index in [0.29, 0.717) is 0 Å². The number of rotatable bonds is 4. The summed E-state index contributed by atoms with van der Waals surface area (Å²) in [5.41, 5.74) is 4.98. The number of anilines is 1. The molecule has 0 atom stereocenters. The third-order valence-corrected chi connectivity index (χ3v) is 6.31. The first-order chi connectivity index (χ1) is 15.2. The number of hydrogen-bond acceptors (Lipinski definition) is 2. The van der Waals surface area contributed by atoms with Crippen LogP contribution < -0.4 is 4.90 Å². The van der Waals surface area contributed by atoms with Crippen molar-refractivity contribution in [2.45, 2.75) is 13.0 Å². The standard InChI is InChI=1S/C27H27N3O/c1-21(31)28-16-18-29(19-17-28)25-13-12-22-14-15-30(26(22)20-25)27(23-8-4-2-5-9-23)24-10-6-3-7-11-24/h2-15,20,27H,16-19H2,1H3. The minimum atomic E-state index is 0.115. The van der Waals surface area contributed by atoms with E-state index in [1.54, 1.807) is 6.92 Å². The van der Waals surface area contributed by atoms with Crippen molar-refractivity contribution in [2.75, 3.05) is 31.1 Å². The minimum Gasteiger partial charge on any atom is -0.368 e. The molecular weight excluding hydrogens is 382 g/mol. The second-order valence-electron chi connectivity index (χ2n) is 8.18. The van der Waals surface area contributed by atoms with Crippen LogP contribution >= 0.6 is 0 Å². The maximum atomic E-state index is 11.7. The molecule has 5 rings (SSSR count). The maximum absolute atomic E-state index is 11.7. The Bertz CT molecular complexity index is 1140. The Labute approximate surface area is 183 Å². The third kappa shape index (κ3) is 3.81. The lowest BCUT2D eigenvalue weighted by Crippen LogP contribution is -2.48. The van der Waals surface area contributed by atoms with Crippen molar-refractivity contribution < 1.29 is 4.79 Å². The van der Waals surface area contributed by atoms with Gasteiger partial charge in [-0.05, 0) is 34.7 Å². The lowest BCUT2D eigenvalue weighted by Gasteiger charge is -2.35. The molecule has 0 saturated carbocycles. The van der Waals surface area contributed by atoms with Gasteiger partial charge in [0.1, 0.15) is 0 Å². The molecule has 0 unspecified atom stereocenters. The summed E-state index contributed by atoms with van der Waals surface area (Å²) in [6.45, 7) is 4.96. The molecule has 0 radical (unpaired) electrons. The number of fused-ring (bicyclic) bond motifs is 1. The van der Waals surface area contributed by atoms with Crippen molar-refractivity contribution in [2.24, 2.45) is 0 Å². The Hall–Kier alpha value is -3.53. The number of carbonyl (C=O) groups excluding carboxylic acids is 1. The monoisotopic (exact) mass is 409 g/mol. The van der Waals surface area contributed by atoms with E-state index in [2.05, 4.69) is 101 Å². The largest absolute Gasteiger partial charge is 0.368 e. The van der Waals surface area contributed by atoms with Gasteiger partial charge >= 0.3 is 0 Å². The van der Waals surface area contributed by atoms with E-state index < -0.39 is 0 Å². The molecule has 0 spiro atoms. The number of carbonyl (C=O) groups is 1. The zero-order valence-electron chi connectivity index (χ0n) is 17.8. The Morgan fingerprint density at radius 2 is 1.39 bits per heavy atom. The van der Waals surface area contributed by atoms with E-state index >= 15 is 0 Å². The van der Waals surface area contributed by atoms with Gasteiger partial charge in [0.15, 0.2) is 0 Å². The van der Waals surface area contributed by atoms with Crippen LogP contribution in [0.4, 0.5) is 5.69 Å². The molecule has 4 heteroatoms. The van der Waals surface area contributed by atoms with Gasteiger partial charge < -0.3 is 14.4 Å². The molecule has 1 amide bonds. The van der Waals surface area contributed by atoms with Crippen molar-refractivity contribution in [3.05, 3.63) is 102 Å². The molecule has 0 bridgehead atoms. The number of benzene rings is 3. The van der Waals surface area contributed by atoms with E-state index in [-0.39, 0.29) is 11.9 Å². The topological polar surface area (TPSA) is 28.5 Å². The second-order valence-corrected chi connectivity index (χ2v) is 8.18. The second kappa shape index (κ2) is 8.31. The summed E-state index contributed by atoms with van der Waals surface area (Å²) in [4.78, 5) is 16.0. The summed E-state index contributed by atoms with van der Waals surface area (Å²) < 4.78 is 2.38. The molecule has 3 aromatic carbocycles. The molecular formula is C27H27N3O. The van der Waals surface area contributed by atoms with E-state index in [1.807, 2.05) is 4.90 Å². The van der Waals surface area contributed by atoms with Crippen molar-refractivity contribution >= 4 is 22.5 Å². The molecule has 4 nitrogen and oxygen atoms in total. The fraction of sp³-hybridized carbons (Fsp3) is 0.222. The zero-order valence-corrected chi connectivity index (χ0v) is 17.8. The predicted octanol–water partition coefficient (Wildman–Crippen LogP) is 4.95. The lowest BCUT2D eigenvalue weighted by molar-refractivity contribution is -0.129. The number of piperazine rings is 1. The Kier molecular flexibility index (Phi) is 5.21. The van der Waals surface area contributed by atoms with Crippen molar-refractivity contribution in [3.63, 3.8) is 0 Å². The summed E-state index contributed by atoms with van der Waals surface area (Å²) >= 11 is 0. The highest BCUT2D eigenvalue weighted by Gasteiger charge is 2.21. The zero-order chi connectivity index (χ0) is 21.2. The molecule has 1 aromatic heterocycles. The lowest BCUT2D eigenvalue weighted by atomic mass is 9.98. The van der Waals surface area contributed by atoms with Crippen LogP contribution in [0.25, 0.3) is 10.9 Å². The van der Waals surface area contributed by atoms with Crippen molar-refractivity contribution in [3.8, 4) is 0 Å². The van der Waals surface area contributed by atoms with Gasteiger partial charge in [-0.1, -0.05) is 66.7 Å². The molecule has 1 saturated heterocycles. The average molecular weight is 410 g/mol.